The number of Topliss-reactive ketones (excluding diaryl/α,β-unsaturated/α-hetero) is 1. The molecule has 0 unspecified atom stereocenters. The molecule has 212 valence electrons. The molecule has 3 aromatic rings. The first-order valence-corrected chi connectivity index (χ1v) is 14.0. The van der Waals surface area contributed by atoms with Gasteiger partial charge in [-0.05, 0) is 60.0 Å². The zero-order valence-electron chi connectivity index (χ0n) is 22.2. The van der Waals surface area contributed by atoms with E-state index in [9.17, 15) is 22.8 Å². The third-order valence-electron chi connectivity index (χ3n) is 6.57. The molecule has 1 amide bonds. The largest absolute Gasteiger partial charge is 0.493 e. The minimum absolute atomic E-state index is 0.0360. The molecule has 2 aliphatic heterocycles. The van der Waals surface area contributed by atoms with Crippen molar-refractivity contribution in [2.45, 2.75) is 11.3 Å². The van der Waals surface area contributed by atoms with Crippen LogP contribution in [0.15, 0.2) is 65.6 Å². The molecule has 0 bridgehead atoms. The van der Waals surface area contributed by atoms with Crippen LogP contribution < -0.4 is 23.8 Å². The lowest BCUT2D eigenvalue weighted by Crippen LogP contribution is -2.29. The van der Waals surface area contributed by atoms with E-state index < -0.39 is 28.4 Å². The number of carbonyl (C=O) groups excluding carboxylic acids is 3. The quantitative estimate of drug-likeness (QED) is 0.230. The Morgan fingerprint density at radius 1 is 1.07 bits per heavy atom. The highest BCUT2D eigenvalue weighted by molar-refractivity contribution is 7.93. The fraction of sp³-hybridized carbons (Fsp3) is 0.207. The number of methoxy groups -OCH3 is 2. The summed E-state index contributed by atoms with van der Waals surface area (Å²) in [6.07, 6.45) is 3.02. The number of benzene rings is 3. The Labute approximate surface area is 236 Å². The van der Waals surface area contributed by atoms with E-state index in [1.165, 1.54) is 48.9 Å². The van der Waals surface area contributed by atoms with E-state index in [1.807, 2.05) is 12.1 Å². The van der Waals surface area contributed by atoms with Gasteiger partial charge in [0.1, 0.15) is 10.6 Å². The fourth-order valence-electron chi connectivity index (χ4n) is 4.60. The summed E-state index contributed by atoms with van der Waals surface area (Å²) >= 11 is 0. The molecule has 3 aromatic carbocycles. The Bertz CT molecular complexity index is 1680. The lowest BCUT2D eigenvalue weighted by Gasteiger charge is -2.22. The lowest BCUT2D eigenvalue weighted by molar-refractivity contribution is -0.136. The van der Waals surface area contributed by atoms with Crippen LogP contribution in [0.3, 0.4) is 0 Å². The number of ether oxygens (including phenoxy) is 4. The van der Waals surface area contributed by atoms with Gasteiger partial charge in [0.25, 0.3) is 15.9 Å². The second-order valence-corrected chi connectivity index (χ2v) is 11.0. The molecule has 0 fully saturated rings. The Morgan fingerprint density at radius 3 is 2.66 bits per heavy atom. The molecule has 0 atom stereocenters. The zero-order valence-corrected chi connectivity index (χ0v) is 23.0. The molecule has 0 saturated carbocycles. The number of hydrogen-bond donors (Lipinski definition) is 1. The Balaban J connectivity index is 1.33. The molecule has 0 aromatic heterocycles. The van der Waals surface area contributed by atoms with E-state index >= 15 is 0 Å². The maximum atomic E-state index is 13.8. The molecule has 11 nitrogen and oxygen atoms in total. The second kappa shape index (κ2) is 11.3. The van der Waals surface area contributed by atoms with Crippen LogP contribution in [0.2, 0.25) is 0 Å². The van der Waals surface area contributed by atoms with Crippen LogP contribution in [0.1, 0.15) is 21.5 Å². The molecular weight excluding hydrogens is 552 g/mol. The predicted octanol–water partition coefficient (Wildman–Crippen LogP) is 3.23. The molecule has 0 aliphatic carbocycles. The smallest absolute Gasteiger partial charge is 0.331 e. The Morgan fingerprint density at radius 2 is 1.88 bits per heavy atom. The molecular formula is C29H26N2O9S. The van der Waals surface area contributed by atoms with Gasteiger partial charge in [-0.15, -0.1) is 0 Å². The van der Waals surface area contributed by atoms with Gasteiger partial charge in [-0.2, -0.15) is 0 Å². The zero-order chi connectivity index (χ0) is 29.1. The number of nitrogens with zero attached hydrogens (tertiary/aromatic N) is 1. The number of para-hydroxylation sites is 1. The summed E-state index contributed by atoms with van der Waals surface area (Å²) in [6, 6.07) is 14.7. The van der Waals surface area contributed by atoms with Crippen molar-refractivity contribution in [2.24, 2.45) is 0 Å². The Hall–Kier alpha value is -4.84. The third-order valence-corrected chi connectivity index (χ3v) is 8.39. The van der Waals surface area contributed by atoms with Crippen LogP contribution in [0.4, 0.5) is 11.4 Å². The number of rotatable bonds is 9. The second-order valence-electron chi connectivity index (χ2n) is 9.12. The lowest BCUT2D eigenvalue weighted by atomic mass is 10.1. The van der Waals surface area contributed by atoms with Crippen LogP contribution in [0.5, 0.6) is 17.2 Å². The highest BCUT2D eigenvalue weighted by Gasteiger charge is 2.34. The topological polar surface area (TPSA) is 138 Å². The van der Waals surface area contributed by atoms with Gasteiger partial charge in [0, 0.05) is 18.2 Å². The first-order valence-electron chi connectivity index (χ1n) is 12.5. The summed E-state index contributed by atoms with van der Waals surface area (Å²) in [7, 11) is -1.32. The summed E-state index contributed by atoms with van der Waals surface area (Å²) in [4.78, 5) is 36.4. The molecule has 0 spiro atoms. The van der Waals surface area contributed by atoms with E-state index in [0.29, 0.717) is 29.1 Å². The number of hydrogen-bond acceptors (Lipinski definition) is 9. The molecule has 5 rings (SSSR count). The van der Waals surface area contributed by atoms with Crippen molar-refractivity contribution < 1.29 is 41.7 Å². The van der Waals surface area contributed by atoms with Crippen molar-refractivity contribution in [3.8, 4) is 17.2 Å². The number of sulfonamides is 1. The van der Waals surface area contributed by atoms with Crippen LogP contribution in [-0.2, 0) is 30.8 Å². The minimum atomic E-state index is -4.05. The molecule has 1 N–H and O–H groups in total. The van der Waals surface area contributed by atoms with Crippen molar-refractivity contribution in [1.29, 1.82) is 0 Å². The van der Waals surface area contributed by atoms with Gasteiger partial charge in [-0.3, -0.25) is 13.9 Å². The molecule has 2 aliphatic rings. The number of nitrogens with one attached hydrogen (secondary N) is 1. The number of carbonyl (C=O) groups is 3. The maximum Gasteiger partial charge on any atom is 0.331 e. The van der Waals surface area contributed by atoms with Gasteiger partial charge in [-0.25, -0.2) is 13.2 Å². The Kier molecular flexibility index (Phi) is 7.66. The number of esters is 1. The first-order chi connectivity index (χ1) is 19.7. The van der Waals surface area contributed by atoms with Gasteiger partial charge >= 0.3 is 5.97 Å². The predicted molar refractivity (Wildman–Crippen MR) is 149 cm³/mol. The molecule has 0 saturated heterocycles. The van der Waals surface area contributed by atoms with Crippen molar-refractivity contribution in [1.82, 2.24) is 0 Å². The summed E-state index contributed by atoms with van der Waals surface area (Å²) in [5.41, 5.74) is 2.43. The molecule has 0 radical (unpaired) electrons. The standard InChI is InChI=1S/C29H26N2O9S/c1-37-25-13-18(14-26(29(25)38-2)41(35,36)31-12-11-19-5-3-4-6-22(19)31)7-10-28(34)40-16-23(32)20-8-9-24-21(15-20)30-27(33)17-39-24/h3-10,13-15H,11-12,16-17H2,1-2H3,(H,30,33)/b10-7+. The number of anilines is 2. The monoisotopic (exact) mass is 578 g/mol. The summed E-state index contributed by atoms with van der Waals surface area (Å²) in [5, 5.41) is 2.61. The van der Waals surface area contributed by atoms with Crippen LogP contribution in [0, 0.1) is 0 Å². The maximum absolute atomic E-state index is 13.8. The van der Waals surface area contributed by atoms with Crippen molar-refractivity contribution >= 4 is 45.1 Å². The normalized spacial score (nSPS) is 14.1. The SMILES string of the molecule is COc1cc(/C=C/C(=O)OCC(=O)c2ccc3c(c2)NC(=O)CO3)cc(S(=O)(=O)N2CCc3ccccc32)c1OC. The van der Waals surface area contributed by atoms with E-state index in [-0.39, 0.29) is 41.0 Å². The van der Waals surface area contributed by atoms with E-state index in [4.69, 9.17) is 18.9 Å². The van der Waals surface area contributed by atoms with Crippen molar-refractivity contribution in [3.63, 3.8) is 0 Å². The highest BCUT2D eigenvalue weighted by atomic mass is 32.2. The highest BCUT2D eigenvalue weighted by Crippen LogP contribution is 2.40. The summed E-state index contributed by atoms with van der Waals surface area (Å²) in [6.45, 7) is -0.377. The minimum Gasteiger partial charge on any atom is -0.493 e. The van der Waals surface area contributed by atoms with Gasteiger partial charge in [-0.1, -0.05) is 18.2 Å². The average molecular weight is 579 g/mol. The van der Waals surface area contributed by atoms with Crippen LogP contribution in [-0.4, -0.2) is 60.1 Å². The van der Waals surface area contributed by atoms with Gasteiger partial charge in [0.05, 0.1) is 25.6 Å². The number of ketones is 1. The van der Waals surface area contributed by atoms with Crippen LogP contribution >= 0.6 is 0 Å². The van der Waals surface area contributed by atoms with E-state index in [2.05, 4.69) is 5.32 Å². The van der Waals surface area contributed by atoms with E-state index in [0.717, 1.165) is 11.6 Å². The fourth-order valence-corrected chi connectivity index (χ4v) is 6.31. The summed E-state index contributed by atoms with van der Waals surface area (Å²) in [5.74, 6) is -1.01. The van der Waals surface area contributed by atoms with Gasteiger partial charge < -0.3 is 24.3 Å². The average Bonchev–Trinajstić information content (AvgIpc) is 3.43. The van der Waals surface area contributed by atoms with E-state index in [1.54, 1.807) is 18.2 Å². The number of amides is 1. The van der Waals surface area contributed by atoms with Crippen LogP contribution in [0.25, 0.3) is 6.08 Å². The van der Waals surface area contributed by atoms with Gasteiger partial charge in [0.15, 0.2) is 30.5 Å². The van der Waals surface area contributed by atoms with Crippen molar-refractivity contribution in [3.05, 3.63) is 77.4 Å². The van der Waals surface area contributed by atoms with Crippen molar-refractivity contribution in [2.75, 3.05) is 43.6 Å². The number of fused-ring (bicyclic) bond motifs is 2. The summed E-state index contributed by atoms with van der Waals surface area (Å²) < 4.78 is 50.0. The van der Waals surface area contributed by atoms with Gasteiger partial charge in [0.2, 0.25) is 0 Å². The third kappa shape index (κ3) is 5.59. The first kappa shape index (κ1) is 27.7. The molecule has 12 heteroatoms. The molecule has 41 heavy (non-hydrogen) atoms. The molecule has 2 heterocycles.